The number of pyridine rings is 2. The van der Waals surface area contributed by atoms with Crippen molar-refractivity contribution in [2.24, 2.45) is 0 Å². The number of halogens is 3. The maximum absolute atomic E-state index is 12.0. The van der Waals surface area contributed by atoms with E-state index in [0.717, 1.165) is 64.1 Å². The molecule has 1 aliphatic heterocycles. The Morgan fingerprint density at radius 2 is 1.09 bits per heavy atom. The van der Waals surface area contributed by atoms with E-state index in [1.807, 2.05) is 100 Å². The van der Waals surface area contributed by atoms with Crippen molar-refractivity contribution in [1.82, 2.24) is 29.9 Å². The highest BCUT2D eigenvalue weighted by molar-refractivity contribution is 14.1. The number of nitrogens with one attached hydrogen (secondary N) is 3. The molecule has 25 heteroatoms. The van der Waals surface area contributed by atoms with Crippen molar-refractivity contribution in [2.45, 2.75) is 59.4 Å². The van der Waals surface area contributed by atoms with Gasteiger partial charge in [-0.3, -0.25) is 4.72 Å². The highest BCUT2D eigenvalue weighted by Gasteiger charge is 2.52. The van der Waals surface area contributed by atoms with E-state index in [0.29, 0.717) is 23.4 Å². The smallest absolute Gasteiger partial charge is 0.399 e. The topological polar surface area (TPSA) is 238 Å². The highest BCUT2D eigenvalue weighted by Crippen LogP contribution is 2.37. The number of benzene rings is 4. The highest BCUT2D eigenvalue weighted by atomic mass is 127. The number of rotatable bonds is 13. The lowest BCUT2D eigenvalue weighted by Crippen LogP contribution is -2.41. The van der Waals surface area contributed by atoms with Gasteiger partial charge >= 0.3 is 7.12 Å². The normalized spacial score (nSPS) is 13.9. The summed E-state index contributed by atoms with van der Waals surface area (Å²) in [5.74, 6) is 1.59. The molecule has 0 radical (unpaired) electrons. The standard InChI is InChI=1S/C21H18ClN5O2S.C15H12IN3.C13H20BClN2O6S2.CH4/c1-30(28,29)27-19-10-16(12-23-20(19)22)15-7-8-18-17(9-15)21(26-13-25-18)24-11-14-5-3-2-4-6-14;16-12-6-7-14-13(8-12)15(19-10-18-14)17-9-11-4-2-1-3-5-11;1-12(2)13(3,4)23-14(22-12)9-7-10(11(15)16-8-9)17(24(5,18)19)25(6,20)21;/h2-10,12-13,27H,11H2,1H3,(H,24,25,26);1-8,10H,9H2,(H,17,18,19);7-8H,1-6H3;1H4. The van der Waals surface area contributed by atoms with Gasteiger partial charge in [-0.2, -0.15) is 3.71 Å². The molecular formula is C50H54BCl2IN10O8S3. The zero-order chi connectivity index (χ0) is 53.6. The molecule has 75 heavy (non-hydrogen) atoms. The second-order valence-electron chi connectivity index (χ2n) is 17.8. The van der Waals surface area contributed by atoms with Gasteiger partial charge in [-0.15, -0.1) is 0 Å². The van der Waals surface area contributed by atoms with E-state index in [2.05, 4.69) is 92.1 Å². The number of aromatic nitrogens is 6. The van der Waals surface area contributed by atoms with Gasteiger partial charge in [-0.25, -0.2) is 55.2 Å². The molecule has 8 aromatic rings. The number of fused-ring (bicyclic) bond motifs is 2. The van der Waals surface area contributed by atoms with Gasteiger partial charge < -0.3 is 19.9 Å². The van der Waals surface area contributed by atoms with Crippen LogP contribution in [0.25, 0.3) is 32.9 Å². The first-order chi connectivity index (χ1) is 34.8. The largest absolute Gasteiger partial charge is 0.496 e. The molecule has 0 unspecified atom stereocenters. The van der Waals surface area contributed by atoms with Crippen LogP contribution in [0.5, 0.6) is 0 Å². The minimum atomic E-state index is -4.14. The molecule has 0 atom stereocenters. The van der Waals surface area contributed by atoms with Crippen molar-refractivity contribution < 1.29 is 34.6 Å². The molecule has 0 spiro atoms. The van der Waals surface area contributed by atoms with Gasteiger partial charge in [0.2, 0.25) is 30.1 Å². The van der Waals surface area contributed by atoms with Crippen molar-refractivity contribution >= 4 is 133 Å². The molecule has 4 aromatic heterocycles. The Morgan fingerprint density at radius 1 is 0.600 bits per heavy atom. The molecule has 1 aliphatic rings. The van der Waals surface area contributed by atoms with Gasteiger partial charge in [0.25, 0.3) is 0 Å². The van der Waals surface area contributed by atoms with E-state index in [1.165, 1.54) is 27.7 Å². The third-order valence-electron chi connectivity index (χ3n) is 11.5. The van der Waals surface area contributed by atoms with Gasteiger partial charge in [-0.05, 0) is 109 Å². The summed E-state index contributed by atoms with van der Waals surface area (Å²) in [6.07, 6.45) is 8.68. The molecule has 394 valence electrons. The van der Waals surface area contributed by atoms with E-state index in [4.69, 9.17) is 32.5 Å². The van der Waals surface area contributed by atoms with E-state index < -0.39 is 48.4 Å². The molecule has 0 amide bonds. The first-order valence-electron chi connectivity index (χ1n) is 22.3. The molecule has 1 fully saturated rings. The van der Waals surface area contributed by atoms with Gasteiger partial charge in [0.15, 0.2) is 10.3 Å². The first kappa shape index (κ1) is 58.5. The van der Waals surface area contributed by atoms with Crippen molar-refractivity contribution in [1.29, 1.82) is 0 Å². The number of sulfonamides is 3. The van der Waals surface area contributed by atoms with Crippen LogP contribution in [0.4, 0.5) is 23.0 Å². The first-order valence-corrected chi connectivity index (χ1v) is 29.8. The second-order valence-corrected chi connectivity index (χ2v) is 25.4. The molecule has 3 N–H and O–H groups in total. The molecule has 0 saturated carbocycles. The Balaban J connectivity index is 0.000000186. The molecule has 0 bridgehead atoms. The Kier molecular flexibility index (Phi) is 18.7. The number of hydrogen-bond donors (Lipinski definition) is 3. The average molecular weight is 1230 g/mol. The zero-order valence-corrected chi connectivity index (χ0v) is 47.1. The summed E-state index contributed by atoms with van der Waals surface area (Å²) < 4.78 is 86.6. The monoisotopic (exact) mass is 1230 g/mol. The minimum Gasteiger partial charge on any atom is -0.399 e. The predicted octanol–water partition coefficient (Wildman–Crippen LogP) is 9.57. The van der Waals surface area contributed by atoms with Crippen LogP contribution in [0, 0.1) is 3.57 Å². The van der Waals surface area contributed by atoms with Gasteiger partial charge in [0, 0.05) is 50.9 Å². The molecule has 4 aromatic carbocycles. The maximum Gasteiger partial charge on any atom is 0.496 e. The fourth-order valence-electron chi connectivity index (χ4n) is 7.28. The van der Waals surface area contributed by atoms with Crippen LogP contribution in [-0.4, -0.2) is 92.2 Å². The maximum atomic E-state index is 12.0. The zero-order valence-electron chi connectivity index (χ0n) is 40.9. The summed E-state index contributed by atoms with van der Waals surface area (Å²) >= 11 is 14.3. The summed E-state index contributed by atoms with van der Waals surface area (Å²) in [5, 5.41) is 8.45. The van der Waals surface area contributed by atoms with Crippen molar-refractivity contribution in [3.63, 3.8) is 0 Å². The van der Waals surface area contributed by atoms with Crippen molar-refractivity contribution in [3.8, 4) is 11.1 Å². The molecule has 0 aliphatic carbocycles. The van der Waals surface area contributed by atoms with E-state index in [1.54, 1.807) is 18.6 Å². The molecule has 5 heterocycles. The quantitative estimate of drug-likeness (QED) is 0.0553. The lowest BCUT2D eigenvalue weighted by atomic mass is 9.80. The summed E-state index contributed by atoms with van der Waals surface area (Å²) in [6, 6.07) is 35.2. The fraction of sp³-hybridized carbons (Fsp3) is 0.240. The molecule has 1 saturated heterocycles. The van der Waals surface area contributed by atoms with Crippen LogP contribution in [-0.2, 0) is 52.5 Å². The van der Waals surface area contributed by atoms with Crippen LogP contribution >= 0.6 is 45.8 Å². The summed E-state index contributed by atoms with van der Waals surface area (Å²) in [6.45, 7) is 8.82. The van der Waals surface area contributed by atoms with Gasteiger partial charge in [0.1, 0.15) is 30.0 Å². The van der Waals surface area contributed by atoms with Crippen LogP contribution < -0.4 is 24.5 Å². The predicted molar refractivity (Wildman–Crippen MR) is 310 cm³/mol. The van der Waals surface area contributed by atoms with Crippen LogP contribution in [0.2, 0.25) is 10.3 Å². The Hall–Kier alpha value is -5.80. The number of anilines is 4. The van der Waals surface area contributed by atoms with Crippen LogP contribution in [0.1, 0.15) is 46.2 Å². The SMILES string of the molecule is C.CC1(C)OB(c2cnc(Cl)c(N(S(C)(=O)=O)S(C)(=O)=O)c2)OC1(C)C.CS(=O)(=O)Nc1cc(-c2ccc3ncnc(NCc4ccccc4)c3c2)cnc1Cl.Ic1ccc2ncnc(NCc3ccccc3)c2c1. The minimum absolute atomic E-state index is 0. The number of nitrogens with zero attached hydrogens (tertiary/aromatic N) is 7. The number of hydrogen-bond acceptors (Lipinski definition) is 16. The van der Waals surface area contributed by atoms with Crippen molar-refractivity contribution in [3.05, 3.63) is 159 Å². The van der Waals surface area contributed by atoms with Gasteiger partial charge in [0.05, 0.1) is 46.7 Å². The molecule has 9 rings (SSSR count). The summed E-state index contributed by atoms with van der Waals surface area (Å²) in [5.41, 5.74) is 4.74. The lowest BCUT2D eigenvalue weighted by Gasteiger charge is -2.32. The molecule has 18 nitrogen and oxygen atoms in total. The van der Waals surface area contributed by atoms with Gasteiger partial charge in [-0.1, -0.05) is 97.4 Å². The Morgan fingerprint density at radius 3 is 1.60 bits per heavy atom. The third kappa shape index (κ3) is 15.2. The Labute approximate surface area is 461 Å². The van der Waals surface area contributed by atoms with E-state index in [-0.39, 0.29) is 32.8 Å². The summed E-state index contributed by atoms with van der Waals surface area (Å²) in [4.78, 5) is 25.4. The second kappa shape index (κ2) is 24.0. The van der Waals surface area contributed by atoms with E-state index >= 15 is 0 Å². The van der Waals surface area contributed by atoms with Crippen LogP contribution in [0.3, 0.4) is 0 Å². The Bertz CT molecular complexity index is 3620. The van der Waals surface area contributed by atoms with Crippen molar-refractivity contribution in [2.75, 3.05) is 37.8 Å². The average Bonchev–Trinajstić information content (AvgIpc) is 3.56. The lowest BCUT2D eigenvalue weighted by molar-refractivity contribution is 0.00578. The van der Waals surface area contributed by atoms with E-state index in [9.17, 15) is 25.3 Å². The summed E-state index contributed by atoms with van der Waals surface area (Å²) in [7, 11) is -12.6. The van der Waals surface area contributed by atoms with Crippen LogP contribution in [0.15, 0.2) is 134 Å². The fourth-order valence-corrected chi connectivity index (χ4v) is 11.8. The molecular weight excluding hydrogens is 1170 g/mol. The third-order valence-corrected chi connectivity index (χ3v) is 16.5.